The van der Waals surface area contributed by atoms with Gasteiger partial charge in [0.25, 0.3) is 5.88 Å². The molecule has 4 rings (SSSR count). The molecule has 1 saturated heterocycles. The molecule has 6 nitrogen and oxygen atoms in total. The van der Waals surface area contributed by atoms with Gasteiger partial charge in [0.2, 0.25) is 5.91 Å². The number of benzene rings is 2. The highest BCUT2D eigenvalue weighted by Gasteiger charge is 2.28. The zero-order valence-corrected chi connectivity index (χ0v) is 18.4. The number of piperidine rings is 1. The molecule has 0 spiro atoms. The van der Waals surface area contributed by atoms with E-state index in [0.29, 0.717) is 30.6 Å². The Morgan fingerprint density at radius 1 is 1.16 bits per heavy atom. The molecule has 0 aliphatic carbocycles. The molecule has 1 atom stereocenters. The van der Waals surface area contributed by atoms with Gasteiger partial charge in [-0.05, 0) is 49.1 Å². The van der Waals surface area contributed by atoms with Gasteiger partial charge in [0.05, 0.1) is 23.6 Å². The number of carbonyl (C=O) groups excluding carboxylic acids is 1. The van der Waals surface area contributed by atoms with Crippen LogP contribution >= 0.6 is 11.6 Å². The molecule has 0 saturated carbocycles. The van der Waals surface area contributed by atoms with E-state index < -0.39 is 0 Å². The number of nitrogens with one attached hydrogen (secondary N) is 1. The SMILES string of the molecule is CCCOc1nc2ccccc2nc1N1CCC[C@@H](C(=O)NCc2ccc(Cl)cc2)C1. The summed E-state index contributed by atoms with van der Waals surface area (Å²) in [5, 5.41) is 3.75. The minimum atomic E-state index is -0.103. The quantitative estimate of drug-likeness (QED) is 0.583. The number of para-hydroxylation sites is 2. The molecule has 0 bridgehead atoms. The predicted octanol–water partition coefficient (Wildman–Crippen LogP) is 4.60. The molecule has 162 valence electrons. The average Bonchev–Trinajstić information content (AvgIpc) is 2.81. The Bertz CT molecular complexity index is 1040. The number of amides is 1. The van der Waals surface area contributed by atoms with Crippen molar-refractivity contribution in [1.29, 1.82) is 0 Å². The number of ether oxygens (including phenoxy) is 1. The summed E-state index contributed by atoms with van der Waals surface area (Å²) in [6, 6.07) is 15.3. The molecule has 0 unspecified atom stereocenters. The van der Waals surface area contributed by atoms with Crippen LogP contribution < -0.4 is 15.0 Å². The first-order chi connectivity index (χ1) is 15.1. The highest BCUT2D eigenvalue weighted by atomic mass is 35.5. The number of hydrogen-bond acceptors (Lipinski definition) is 5. The van der Waals surface area contributed by atoms with Gasteiger partial charge in [-0.1, -0.05) is 42.8 Å². The van der Waals surface area contributed by atoms with Crippen LogP contribution in [0.1, 0.15) is 31.7 Å². The normalized spacial score (nSPS) is 16.3. The minimum absolute atomic E-state index is 0.0597. The van der Waals surface area contributed by atoms with Crippen molar-refractivity contribution in [2.75, 3.05) is 24.6 Å². The van der Waals surface area contributed by atoms with E-state index in [4.69, 9.17) is 26.3 Å². The van der Waals surface area contributed by atoms with Gasteiger partial charge in [-0.25, -0.2) is 9.97 Å². The molecule has 0 radical (unpaired) electrons. The third-order valence-electron chi connectivity index (χ3n) is 5.44. The number of hydrogen-bond donors (Lipinski definition) is 1. The van der Waals surface area contributed by atoms with Crippen LogP contribution in [0.3, 0.4) is 0 Å². The molecule has 1 aromatic heterocycles. The van der Waals surface area contributed by atoms with Crippen molar-refractivity contribution in [2.45, 2.75) is 32.7 Å². The molecule has 7 heteroatoms. The molecular weight excluding hydrogens is 412 g/mol. The van der Waals surface area contributed by atoms with Crippen LogP contribution in [0.15, 0.2) is 48.5 Å². The fourth-order valence-corrected chi connectivity index (χ4v) is 3.92. The first-order valence-corrected chi connectivity index (χ1v) is 11.2. The van der Waals surface area contributed by atoms with Crippen LogP contribution in [0, 0.1) is 5.92 Å². The van der Waals surface area contributed by atoms with Gasteiger partial charge in [0, 0.05) is 24.7 Å². The van der Waals surface area contributed by atoms with E-state index in [2.05, 4.69) is 17.1 Å². The van der Waals surface area contributed by atoms with Crippen molar-refractivity contribution in [3.63, 3.8) is 0 Å². The fourth-order valence-electron chi connectivity index (χ4n) is 3.80. The fraction of sp³-hybridized carbons (Fsp3) is 0.375. The smallest absolute Gasteiger partial charge is 0.258 e. The van der Waals surface area contributed by atoms with Gasteiger partial charge in [-0.2, -0.15) is 0 Å². The molecule has 3 aromatic rings. The Morgan fingerprint density at radius 3 is 2.65 bits per heavy atom. The second-order valence-corrected chi connectivity index (χ2v) is 8.26. The zero-order chi connectivity index (χ0) is 21.6. The Labute approximate surface area is 187 Å². The van der Waals surface area contributed by atoms with Crippen molar-refractivity contribution in [1.82, 2.24) is 15.3 Å². The Kier molecular flexibility index (Phi) is 6.87. The molecule has 1 N–H and O–H groups in total. The van der Waals surface area contributed by atoms with E-state index in [1.54, 1.807) is 0 Å². The summed E-state index contributed by atoms with van der Waals surface area (Å²) in [6.07, 6.45) is 2.67. The lowest BCUT2D eigenvalue weighted by molar-refractivity contribution is -0.125. The van der Waals surface area contributed by atoms with Crippen molar-refractivity contribution in [3.05, 3.63) is 59.1 Å². The van der Waals surface area contributed by atoms with Gasteiger partial charge < -0.3 is 15.0 Å². The van der Waals surface area contributed by atoms with Crippen LogP contribution in [-0.2, 0) is 11.3 Å². The Balaban J connectivity index is 1.48. The van der Waals surface area contributed by atoms with Gasteiger partial charge in [-0.3, -0.25) is 4.79 Å². The minimum Gasteiger partial charge on any atom is -0.475 e. The highest BCUT2D eigenvalue weighted by molar-refractivity contribution is 6.30. The summed E-state index contributed by atoms with van der Waals surface area (Å²) in [6.45, 7) is 4.57. The van der Waals surface area contributed by atoms with E-state index in [0.717, 1.165) is 48.2 Å². The van der Waals surface area contributed by atoms with Crippen LogP contribution in [-0.4, -0.2) is 35.6 Å². The van der Waals surface area contributed by atoms with Crippen LogP contribution in [0.25, 0.3) is 11.0 Å². The summed E-state index contributed by atoms with van der Waals surface area (Å²) in [5.41, 5.74) is 2.67. The summed E-state index contributed by atoms with van der Waals surface area (Å²) < 4.78 is 5.93. The topological polar surface area (TPSA) is 67.4 Å². The Morgan fingerprint density at radius 2 is 1.90 bits per heavy atom. The van der Waals surface area contributed by atoms with Crippen molar-refractivity contribution in [3.8, 4) is 5.88 Å². The maximum atomic E-state index is 12.9. The summed E-state index contributed by atoms with van der Waals surface area (Å²) in [5.74, 6) is 1.22. The third kappa shape index (κ3) is 5.25. The van der Waals surface area contributed by atoms with Gasteiger partial charge in [0.1, 0.15) is 0 Å². The number of nitrogens with zero attached hydrogens (tertiary/aromatic N) is 3. The number of aromatic nitrogens is 2. The number of fused-ring (bicyclic) bond motifs is 1. The second kappa shape index (κ2) is 9.96. The zero-order valence-electron chi connectivity index (χ0n) is 17.7. The van der Waals surface area contributed by atoms with E-state index >= 15 is 0 Å². The van der Waals surface area contributed by atoms with Crippen LogP contribution in [0.5, 0.6) is 5.88 Å². The second-order valence-electron chi connectivity index (χ2n) is 7.82. The monoisotopic (exact) mass is 438 g/mol. The first kappa shape index (κ1) is 21.4. The van der Waals surface area contributed by atoms with Crippen molar-refractivity contribution in [2.24, 2.45) is 5.92 Å². The number of halogens is 1. The average molecular weight is 439 g/mol. The molecule has 1 amide bonds. The van der Waals surface area contributed by atoms with Crippen molar-refractivity contribution >= 4 is 34.4 Å². The van der Waals surface area contributed by atoms with E-state index in [9.17, 15) is 4.79 Å². The van der Waals surface area contributed by atoms with Gasteiger partial charge in [-0.15, -0.1) is 0 Å². The molecule has 2 heterocycles. The molecule has 1 fully saturated rings. The van der Waals surface area contributed by atoms with Crippen molar-refractivity contribution < 1.29 is 9.53 Å². The van der Waals surface area contributed by atoms with E-state index in [1.807, 2.05) is 48.5 Å². The number of carbonyl (C=O) groups is 1. The summed E-state index contributed by atoms with van der Waals surface area (Å²) in [7, 11) is 0. The number of anilines is 1. The highest BCUT2D eigenvalue weighted by Crippen LogP contribution is 2.31. The molecular formula is C24H27ClN4O2. The lowest BCUT2D eigenvalue weighted by atomic mass is 9.97. The maximum Gasteiger partial charge on any atom is 0.258 e. The van der Waals surface area contributed by atoms with Gasteiger partial charge in [0.15, 0.2) is 5.82 Å². The van der Waals surface area contributed by atoms with E-state index in [1.165, 1.54) is 0 Å². The van der Waals surface area contributed by atoms with Crippen LogP contribution in [0.4, 0.5) is 5.82 Å². The first-order valence-electron chi connectivity index (χ1n) is 10.8. The van der Waals surface area contributed by atoms with Crippen LogP contribution in [0.2, 0.25) is 5.02 Å². The standard InChI is InChI=1S/C24H27ClN4O2/c1-2-14-31-24-22(27-20-7-3-4-8-21(20)28-24)29-13-5-6-18(16-29)23(30)26-15-17-9-11-19(25)12-10-17/h3-4,7-12,18H,2,5-6,13-16H2,1H3,(H,26,30)/t18-/m1/s1. The summed E-state index contributed by atoms with van der Waals surface area (Å²) in [4.78, 5) is 24.5. The lowest BCUT2D eigenvalue weighted by Crippen LogP contribution is -2.43. The lowest BCUT2D eigenvalue weighted by Gasteiger charge is -2.33. The Hall–Kier alpha value is -2.86. The molecule has 31 heavy (non-hydrogen) atoms. The summed E-state index contributed by atoms with van der Waals surface area (Å²) >= 11 is 5.94. The molecule has 1 aliphatic rings. The molecule has 2 aromatic carbocycles. The number of rotatable bonds is 7. The predicted molar refractivity (Wildman–Crippen MR) is 124 cm³/mol. The largest absolute Gasteiger partial charge is 0.475 e. The maximum absolute atomic E-state index is 12.9. The van der Waals surface area contributed by atoms with Gasteiger partial charge >= 0.3 is 0 Å². The third-order valence-corrected chi connectivity index (χ3v) is 5.69. The van der Waals surface area contributed by atoms with E-state index in [-0.39, 0.29) is 11.8 Å². The molecule has 1 aliphatic heterocycles.